The van der Waals surface area contributed by atoms with Crippen LogP contribution in [0.2, 0.25) is 0 Å². The fraction of sp³-hybridized carbons (Fsp3) is 0.333. The van der Waals surface area contributed by atoms with Crippen LogP contribution in [0.3, 0.4) is 0 Å². The van der Waals surface area contributed by atoms with E-state index >= 15 is 0 Å². The Bertz CT molecular complexity index is 272. The van der Waals surface area contributed by atoms with E-state index in [-0.39, 0.29) is 6.04 Å². The first-order chi connectivity index (χ1) is 6.27. The molecule has 1 atom stereocenters. The Morgan fingerprint density at radius 2 is 2.46 bits per heavy atom. The molecular weight excluding hydrogens is 232 g/mol. The minimum absolute atomic E-state index is 0.0595. The minimum atomic E-state index is 0.0595. The van der Waals surface area contributed by atoms with Gasteiger partial charge in [-0.3, -0.25) is 5.84 Å². The highest BCUT2D eigenvalue weighted by Gasteiger charge is 2.12. The number of halogens is 1. The molecule has 0 amide bonds. The summed E-state index contributed by atoms with van der Waals surface area (Å²) in [5, 5.41) is 0. The van der Waals surface area contributed by atoms with Crippen molar-refractivity contribution in [3.05, 3.63) is 35.2 Å². The maximum atomic E-state index is 5.40. The molecule has 0 saturated carbocycles. The summed E-state index contributed by atoms with van der Waals surface area (Å²) in [4.78, 5) is 0. The van der Waals surface area contributed by atoms with Crippen LogP contribution in [0.1, 0.15) is 24.6 Å². The zero-order valence-corrected chi connectivity index (χ0v) is 8.88. The first-order valence-corrected chi connectivity index (χ1v) is 4.89. The third-order valence-electron chi connectivity index (χ3n) is 1.80. The molecule has 0 saturated heterocycles. The molecule has 1 unspecified atom stereocenters. The second-order valence-corrected chi connectivity index (χ2v) is 3.51. The molecule has 0 aromatic carbocycles. The van der Waals surface area contributed by atoms with Crippen LogP contribution in [0.4, 0.5) is 0 Å². The molecule has 72 valence electrons. The van der Waals surface area contributed by atoms with Gasteiger partial charge in [0.25, 0.3) is 0 Å². The van der Waals surface area contributed by atoms with Crippen molar-refractivity contribution in [2.75, 3.05) is 0 Å². The predicted octanol–water partition coefficient (Wildman–Crippen LogP) is 2.51. The van der Waals surface area contributed by atoms with Gasteiger partial charge < -0.3 is 4.42 Å². The Labute approximate surface area is 86.1 Å². The summed E-state index contributed by atoms with van der Waals surface area (Å²) in [6.07, 6.45) is 3.66. The quantitative estimate of drug-likeness (QED) is 0.476. The van der Waals surface area contributed by atoms with Gasteiger partial charge in [0.15, 0.2) is 4.67 Å². The molecule has 0 bridgehead atoms. The number of hydrogen-bond acceptors (Lipinski definition) is 3. The van der Waals surface area contributed by atoms with E-state index in [1.807, 2.05) is 18.2 Å². The van der Waals surface area contributed by atoms with Gasteiger partial charge in [-0.25, -0.2) is 5.43 Å². The summed E-state index contributed by atoms with van der Waals surface area (Å²) in [7, 11) is 0. The molecule has 0 aliphatic heterocycles. The summed E-state index contributed by atoms with van der Waals surface area (Å²) >= 11 is 3.24. The second-order valence-electron chi connectivity index (χ2n) is 2.73. The Morgan fingerprint density at radius 3 is 2.92 bits per heavy atom. The van der Waals surface area contributed by atoms with Gasteiger partial charge in [0.2, 0.25) is 0 Å². The van der Waals surface area contributed by atoms with Crippen LogP contribution in [0.15, 0.2) is 33.9 Å². The third-order valence-corrected chi connectivity index (χ3v) is 2.22. The molecule has 1 heterocycles. The van der Waals surface area contributed by atoms with Gasteiger partial charge in [0, 0.05) is 0 Å². The molecule has 1 rings (SSSR count). The second kappa shape index (κ2) is 5.21. The van der Waals surface area contributed by atoms with Crippen molar-refractivity contribution >= 4 is 15.9 Å². The highest BCUT2D eigenvalue weighted by Crippen LogP contribution is 2.23. The van der Waals surface area contributed by atoms with Gasteiger partial charge in [-0.15, -0.1) is 6.58 Å². The van der Waals surface area contributed by atoms with Crippen molar-refractivity contribution in [2.45, 2.75) is 18.9 Å². The lowest BCUT2D eigenvalue weighted by molar-refractivity contribution is 0.393. The first-order valence-electron chi connectivity index (χ1n) is 4.10. The van der Waals surface area contributed by atoms with Crippen molar-refractivity contribution in [3.8, 4) is 0 Å². The van der Waals surface area contributed by atoms with Crippen molar-refractivity contribution in [1.29, 1.82) is 0 Å². The molecule has 0 fully saturated rings. The predicted molar refractivity (Wildman–Crippen MR) is 55.9 cm³/mol. The summed E-state index contributed by atoms with van der Waals surface area (Å²) in [5.74, 6) is 6.24. The number of hydrazine groups is 1. The lowest BCUT2D eigenvalue weighted by Gasteiger charge is -2.11. The standard InChI is InChI=1S/C9H13BrN2O/c1-2-3-4-7(12-11)8-5-6-9(10)13-8/h2,5-7,12H,1,3-4,11H2. The molecule has 0 spiro atoms. The molecule has 0 aliphatic carbocycles. The van der Waals surface area contributed by atoms with Crippen LogP contribution in [0, 0.1) is 0 Å². The highest BCUT2D eigenvalue weighted by molar-refractivity contribution is 9.10. The molecule has 3 nitrogen and oxygen atoms in total. The van der Waals surface area contributed by atoms with Crippen LogP contribution in [-0.4, -0.2) is 0 Å². The highest BCUT2D eigenvalue weighted by atomic mass is 79.9. The van der Waals surface area contributed by atoms with E-state index in [2.05, 4.69) is 27.9 Å². The average Bonchev–Trinajstić information content (AvgIpc) is 2.54. The zero-order valence-electron chi connectivity index (χ0n) is 7.29. The number of allylic oxidation sites excluding steroid dienone is 1. The van der Waals surface area contributed by atoms with Crippen molar-refractivity contribution in [2.24, 2.45) is 5.84 Å². The monoisotopic (exact) mass is 244 g/mol. The van der Waals surface area contributed by atoms with Gasteiger partial charge >= 0.3 is 0 Å². The van der Waals surface area contributed by atoms with Gasteiger partial charge in [-0.05, 0) is 40.9 Å². The third kappa shape index (κ3) is 2.99. The first kappa shape index (κ1) is 10.5. The van der Waals surface area contributed by atoms with Crippen LogP contribution in [0.5, 0.6) is 0 Å². The Kier molecular flexibility index (Phi) is 4.21. The number of hydrogen-bond donors (Lipinski definition) is 2. The van der Waals surface area contributed by atoms with E-state index in [1.54, 1.807) is 0 Å². The Balaban J connectivity index is 2.60. The van der Waals surface area contributed by atoms with Crippen LogP contribution in [-0.2, 0) is 0 Å². The number of rotatable bonds is 5. The number of furan rings is 1. The van der Waals surface area contributed by atoms with E-state index in [0.717, 1.165) is 23.3 Å². The summed E-state index contributed by atoms with van der Waals surface area (Å²) in [6, 6.07) is 3.81. The largest absolute Gasteiger partial charge is 0.453 e. The fourth-order valence-electron chi connectivity index (χ4n) is 1.11. The van der Waals surface area contributed by atoms with E-state index in [1.165, 1.54) is 0 Å². The van der Waals surface area contributed by atoms with Crippen molar-refractivity contribution in [1.82, 2.24) is 5.43 Å². The van der Waals surface area contributed by atoms with Gasteiger partial charge in [-0.2, -0.15) is 0 Å². The lowest BCUT2D eigenvalue weighted by atomic mass is 10.1. The van der Waals surface area contributed by atoms with Crippen LogP contribution < -0.4 is 11.3 Å². The van der Waals surface area contributed by atoms with Crippen LogP contribution >= 0.6 is 15.9 Å². The van der Waals surface area contributed by atoms with E-state index in [9.17, 15) is 0 Å². The van der Waals surface area contributed by atoms with E-state index in [4.69, 9.17) is 10.3 Å². The Hall–Kier alpha value is -0.580. The molecule has 13 heavy (non-hydrogen) atoms. The molecule has 4 heteroatoms. The average molecular weight is 245 g/mol. The Morgan fingerprint density at radius 1 is 1.69 bits per heavy atom. The molecule has 0 radical (unpaired) electrons. The number of nitrogens with two attached hydrogens (primary N) is 1. The summed E-state index contributed by atoms with van der Waals surface area (Å²) in [6.45, 7) is 3.66. The van der Waals surface area contributed by atoms with Gasteiger partial charge in [-0.1, -0.05) is 6.08 Å². The fourth-order valence-corrected chi connectivity index (χ4v) is 1.43. The maximum absolute atomic E-state index is 5.40. The number of nitrogens with one attached hydrogen (secondary N) is 1. The molecule has 3 N–H and O–H groups in total. The minimum Gasteiger partial charge on any atom is -0.453 e. The molecule has 0 aliphatic rings. The van der Waals surface area contributed by atoms with Crippen molar-refractivity contribution in [3.63, 3.8) is 0 Å². The topological polar surface area (TPSA) is 51.2 Å². The maximum Gasteiger partial charge on any atom is 0.169 e. The zero-order chi connectivity index (χ0) is 9.68. The normalized spacial score (nSPS) is 12.8. The van der Waals surface area contributed by atoms with Gasteiger partial charge in [0.1, 0.15) is 5.76 Å². The van der Waals surface area contributed by atoms with E-state index < -0.39 is 0 Å². The molecule has 1 aromatic heterocycles. The summed E-state index contributed by atoms with van der Waals surface area (Å²) in [5.41, 5.74) is 2.70. The lowest BCUT2D eigenvalue weighted by Crippen LogP contribution is -2.27. The van der Waals surface area contributed by atoms with Crippen molar-refractivity contribution < 1.29 is 4.42 Å². The molecular formula is C9H13BrN2O. The van der Waals surface area contributed by atoms with E-state index in [0.29, 0.717) is 0 Å². The summed E-state index contributed by atoms with van der Waals surface area (Å²) < 4.78 is 6.10. The van der Waals surface area contributed by atoms with Crippen LogP contribution in [0.25, 0.3) is 0 Å². The smallest absolute Gasteiger partial charge is 0.169 e. The SMILES string of the molecule is C=CCCC(NN)c1ccc(Br)o1. The molecule has 1 aromatic rings. The van der Waals surface area contributed by atoms with Gasteiger partial charge in [0.05, 0.1) is 6.04 Å².